The molecule has 5 rings (SSSR count). The molecule has 7 nitrogen and oxygen atoms in total. The lowest BCUT2D eigenvalue weighted by molar-refractivity contribution is 0.102. The number of H-pyrrole nitrogens is 1. The van der Waals surface area contributed by atoms with Crippen LogP contribution in [0.1, 0.15) is 45.0 Å². The fourth-order valence-electron chi connectivity index (χ4n) is 4.26. The third-order valence-corrected chi connectivity index (χ3v) is 7.19. The Kier molecular flexibility index (Phi) is 6.17. The number of methoxy groups -OCH3 is 1. The number of aryl methyl sites for hydroxylation is 2. The van der Waals surface area contributed by atoms with Gasteiger partial charge in [-0.3, -0.25) is 9.59 Å². The number of carbonyl (C=O) groups is 1. The number of nitriles is 1. The maximum Gasteiger partial charge on any atom is 0.260 e. The van der Waals surface area contributed by atoms with Gasteiger partial charge in [-0.25, -0.2) is 4.98 Å². The number of amides is 1. The zero-order valence-corrected chi connectivity index (χ0v) is 19.9. The number of carbonyl (C=O) groups excluding carboxylic acids is 1. The van der Waals surface area contributed by atoms with Crippen LogP contribution in [0.5, 0.6) is 5.75 Å². The third kappa shape index (κ3) is 4.59. The first-order valence-electron chi connectivity index (χ1n) is 11.3. The number of aromatic nitrogens is 2. The average molecular weight is 483 g/mol. The first kappa shape index (κ1) is 22.6. The molecule has 0 unspecified atom stereocenters. The van der Waals surface area contributed by atoms with E-state index in [0.717, 1.165) is 31.2 Å². The number of rotatable bonds is 5. The molecule has 1 aliphatic rings. The molecular formula is C27H22N4O3S. The molecule has 0 atom stereocenters. The van der Waals surface area contributed by atoms with Crippen LogP contribution >= 0.6 is 11.3 Å². The summed E-state index contributed by atoms with van der Waals surface area (Å²) in [7, 11) is 1.57. The summed E-state index contributed by atoms with van der Waals surface area (Å²) in [4.78, 5) is 34.8. The van der Waals surface area contributed by atoms with Crippen LogP contribution in [0, 0.1) is 11.3 Å². The predicted octanol–water partition coefficient (Wildman–Crippen LogP) is 5.19. The van der Waals surface area contributed by atoms with Crippen molar-refractivity contribution < 1.29 is 9.53 Å². The molecule has 8 heteroatoms. The van der Waals surface area contributed by atoms with Crippen LogP contribution < -0.4 is 15.6 Å². The summed E-state index contributed by atoms with van der Waals surface area (Å²) in [5, 5.41) is 13.3. The summed E-state index contributed by atoms with van der Waals surface area (Å²) < 4.78 is 5.13. The Labute approximate surface area is 205 Å². The highest BCUT2D eigenvalue weighted by Gasteiger charge is 2.20. The van der Waals surface area contributed by atoms with Gasteiger partial charge in [0.15, 0.2) is 5.82 Å². The number of nitrogens with zero attached hydrogens (tertiary/aromatic N) is 2. The molecule has 0 spiro atoms. The van der Waals surface area contributed by atoms with Gasteiger partial charge in [0.1, 0.15) is 16.6 Å². The molecular weight excluding hydrogens is 460 g/mol. The molecule has 0 saturated heterocycles. The van der Waals surface area contributed by atoms with Gasteiger partial charge < -0.3 is 15.0 Å². The van der Waals surface area contributed by atoms with E-state index in [9.17, 15) is 14.9 Å². The Morgan fingerprint density at radius 3 is 2.77 bits per heavy atom. The van der Waals surface area contributed by atoms with Crippen molar-refractivity contribution in [2.24, 2.45) is 0 Å². The predicted molar refractivity (Wildman–Crippen MR) is 138 cm³/mol. The molecule has 2 aromatic carbocycles. The topological polar surface area (TPSA) is 108 Å². The van der Waals surface area contributed by atoms with E-state index in [0.29, 0.717) is 32.8 Å². The lowest BCUT2D eigenvalue weighted by atomic mass is 9.97. The fourth-order valence-corrected chi connectivity index (χ4v) is 5.53. The second kappa shape index (κ2) is 9.57. The van der Waals surface area contributed by atoms with Crippen molar-refractivity contribution >= 4 is 44.8 Å². The summed E-state index contributed by atoms with van der Waals surface area (Å²) in [6, 6.07) is 16.1. The number of hydrogen-bond acceptors (Lipinski definition) is 6. The molecule has 2 N–H and O–H groups in total. The summed E-state index contributed by atoms with van der Waals surface area (Å²) in [5.74, 6) is 0.661. The normalized spacial score (nSPS) is 13.2. The highest BCUT2D eigenvalue weighted by molar-refractivity contribution is 7.18. The van der Waals surface area contributed by atoms with Crippen LogP contribution in [0.3, 0.4) is 0 Å². The summed E-state index contributed by atoms with van der Waals surface area (Å²) in [6.45, 7) is 0. The summed E-state index contributed by atoms with van der Waals surface area (Å²) in [6.07, 6.45) is 5.73. The van der Waals surface area contributed by atoms with Gasteiger partial charge in [0.2, 0.25) is 0 Å². The minimum Gasteiger partial charge on any atom is -0.497 e. The lowest BCUT2D eigenvalue weighted by Gasteiger charge is -2.09. The van der Waals surface area contributed by atoms with Gasteiger partial charge in [0, 0.05) is 16.1 Å². The summed E-state index contributed by atoms with van der Waals surface area (Å²) >= 11 is 1.55. The quantitative estimate of drug-likeness (QED) is 0.381. The molecule has 35 heavy (non-hydrogen) atoms. The minimum absolute atomic E-state index is 0.203. The molecule has 2 heterocycles. The smallest absolute Gasteiger partial charge is 0.260 e. The van der Waals surface area contributed by atoms with E-state index >= 15 is 0 Å². The van der Waals surface area contributed by atoms with Gasteiger partial charge >= 0.3 is 0 Å². The van der Waals surface area contributed by atoms with Gasteiger partial charge in [0.25, 0.3) is 11.5 Å². The van der Waals surface area contributed by atoms with Gasteiger partial charge in [-0.05, 0) is 79.3 Å². The first-order chi connectivity index (χ1) is 17.1. The Morgan fingerprint density at radius 2 is 2.00 bits per heavy atom. The molecule has 0 fully saturated rings. The number of nitrogens with one attached hydrogen (secondary N) is 2. The number of aromatic amines is 1. The van der Waals surface area contributed by atoms with Crippen LogP contribution in [0.25, 0.3) is 21.9 Å². The van der Waals surface area contributed by atoms with Crippen LogP contribution in [0.15, 0.2) is 53.3 Å². The largest absolute Gasteiger partial charge is 0.497 e. The second-order valence-electron chi connectivity index (χ2n) is 8.28. The molecule has 0 aliphatic heterocycles. The van der Waals surface area contributed by atoms with Gasteiger partial charge in [-0.1, -0.05) is 12.1 Å². The minimum atomic E-state index is -0.257. The van der Waals surface area contributed by atoms with Crippen molar-refractivity contribution in [3.63, 3.8) is 0 Å². The van der Waals surface area contributed by atoms with Crippen molar-refractivity contribution in [1.29, 1.82) is 5.26 Å². The first-order valence-corrected chi connectivity index (χ1v) is 12.1. The highest BCUT2D eigenvalue weighted by Crippen LogP contribution is 2.34. The number of benzene rings is 2. The molecule has 0 radical (unpaired) electrons. The number of thiophene rings is 1. The van der Waals surface area contributed by atoms with Crippen LogP contribution in [0.2, 0.25) is 0 Å². The lowest BCUT2D eigenvalue weighted by Crippen LogP contribution is -2.12. The third-order valence-electron chi connectivity index (χ3n) is 6.01. The SMILES string of the molecule is COc1ccc(C(=O)Nc2cccc(/C=C(\C#N)c3nc4sc5c(c4c(=O)[nH]3)CCCC5)c2)cc1. The molecule has 174 valence electrons. The van der Waals surface area contributed by atoms with Crippen molar-refractivity contribution in [2.75, 3.05) is 12.4 Å². The Morgan fingerprint density at radius 1 is 1.20 bits per heavy atom. The van der Waals surface area contributed by atoms with E-state index in [2.05, 4.69) is 21.4 Å². The molecule has 1 amide bonds. The fraction of sp³-hybridized carbons (Fsp3) is 0.185. The van der Waals surface area contributed by atoms with Crippen molar-refractivity contribution in [3.8, 4) is 11.8 Å². The molecule has 1 aliphatic carbocycles. The number of anilines is 1. The van der Waals surface area contributed by atoms with Crippen LogP contribution in [-0.4, -0.2) is 23.0 Å². The Bertz CT molecular complexity index is 1560. The van der Waals surface area contributed by atoms with Gasteiger partial charge in [-0.2, -0.15) is 5.26 Å². The second-order valence-corrected chi connectivity index (χ2v) is 9.37. The number of fused-ring (bicyclic) bond motifs is 3. The average Bonchev–Trinajstić information content (AvgIpc) is 3.26. The Hall–Kier alpha value is -4.22. The van der Waals surface area contributed by atoms with Crippen LogP contribution in [0.4, 0.5) is 5.69 Å². The maximum absolute atomic E-state index is 12.9. The summed E-state index contributed by atoms with van der Waals surface area (Å²) in [5.41, 5.74) is 2.93. The van der Waals surface area contributed by atoms with Gasteiger partial charge in [-0.15, -0.1) is 11.3 Å². The zero-order valence-electron chi connectivity index (χ0n) is 19.1. The standard InChI is InChI=1S/C27H22N4O3S/c1-34-20-11-9-17(10-12-20)25(32)29-19-6-4-5-16(14-19)13-18(15-28)24-30-26(33)23-21-7-2-3-8-22(21)35-27(23)31-24/h4-6,9-14H,2-3,7-8H2,1H3,(H,29,32)(H,30,31,33)/b18-13+. The monoisotopic (exact) mass is 482 g/mol. The number of allylic oxidation sites excluding steroid dienone is 1. The van der Waals surface area contributed by atoms with E-state index in [1.54, 1.807) is 67.0 Å². The van der Waals surface area contributed by atoms with Crippen molar-refractivity contribution in [3.05, 3.63) is 86.3 Å². The van der Waals surface area contributed by atoms with E-state index in [4.69, 9.17) is 4.74 Å². The molecule has 4 aromatic rings. The van der Waals surface area contributed by atoms with Gasteiger partial charge in [0.05, 0.1) is 18.1 Å². The van der Waals surface area contributed by atoms with Crippen LogP contribution in [-0.2, 0) is 12.8 Å². The Balaban J connectivity index is 1.43. The van der Waals surface area contributed by atoms with E-state index in [1.807, 2.05) is 6.07 Å². The number of hydrogen-bond donors (Lipinski definition) is 2. The molecule has 0 bridgehead atoms. The van der Waals surface area contributed by atoms with E-state index < -0.39 is 0 Å². The maximum atomic E-state index is 12.9. The van der Waals surface area contributed by atoms with Crippen molar-refractivity contribution in [2.45, 2.75) is 25.7 Å². The van der Waals surface area contributed by atoms with Crippen molar-refractivity contribution in [1.82, 2.24) is 9.97 Å². The van der Waals surface area contributed by atoms with E-state index in [-0.39, 0.29) is 22.9 Å². The number of ether oxygens (including phenoxy) is 1. The highest BCUT2D eigenvalue weighted by atomic mass is 32.1. The van der Waals surface area contributed by atoms with E-state index in [1.165, 1.54) is 4.88 Å². The molecule has 0 saturated carbocycles. The zero-order chi connectivity index (χ0) is 24.4. The molecule has 2 aromatic heterocycles.